The summed E-state index contributed by atoms with van der Waals surface area (Å²) in [5, 5.41) is 6.78. The van der Waals surface area contributed by atoms with Crippen molar-refractivity contribution >= 4 is 35.8 Å². The Morgan fingerprint density at radius 2 is 1.79 bits per heavy atom. The molecular weight excluding hydrogens is 531 g/mol. The van der Waals surface area contributed by atoms with E-state index in [1.807, 2.05) is 17.0 Å². The summed E-state index contributed by atoms with van der Waals surface area (Å²) in [5.41, 5.74) is 2.36. The number of amides is 1. The highest BCUT2D eigenvalue weighted by atomic mass is 127. The quantitative estimate of drug-likeness (QED) is 0.178. The number of aliphatic imine (C=N–C) groups is 1. The summed E-state index contributed by atoms with van der Waals surface area (Å²) in [6, 6.07) is 4.40. The highest BCUT2D eigenvalue weighted by Gasteiger charge is 2.22. The summed E-state index contributed by atoms with van der Waals surface area (Å²) < 4.78 is 10.8. The minimum atomic E-state index is 0. The number of methoxy groups -OCH3 is 2. The van der Waals surface area contributed by atoms with E-state index in [1.165, 1.54) is 12.0 Å². The first-order chi connectivity index (χ1) is 15.4. The van der Waals surface area contributed by atoms with Gasteiger partial charge in [-0.2, -0.15) is 0 Å². The Morgan fingerprint density at radius 3 is 2.39 bits per heavy atom. The first kappa shape index (κ1) is 29.3. The van der Waals surface area contributed by atoms with Gasteiger partial charge in [0.2, 0.25) is 5.91 Å². The Hall–Kier alpha value is -1.71. The summed E-state index contributed by atoms with van der Waals surface area (Å²) in [4.78, 5) is 19.4. The molecule has 1 aliphatic heterocycles. The molecule has 1 aromatic carbocycles. The Bertz CT molecular complexity index is 770. The number of benzene rings is 1. The zero-order valence-electron chi connectivity index (χ0n) is 21.2. The second-order valence-electron chi connectivity index (χ2n) is 8.92. The number of nitrogens with zero attached hydrogens (tertiary/aromatic N) is 2. The highest BCUT2D eigenvalue weighted by Crippen LogP contribution is 2.33. The molecule has 2 rings (SSSR count). The van der Waals surface area contributed by atoms with E-state index in [4.69, 9.17) is 9.47 Å². The largest absolute Gasteiger partial charge is 0.493 e. The topological polar surface area (TPSA) is 75.2 Å². The van der Waals surface area contributed by atoms with Gasteiger partial charge in [0.15, 0.2) is 17.5 Å². The van der Waals surface area contributed by atoms with Crippen molar-refractivity contribution in [3.63, 3.8) is 0 Å². The molecular formula is C25H43IN4O3. The van der Waals surface area contributed by atoms with Gasteiger partial charge in [-0.05, 0) is 68.7 Å². The van der Waals surface area contributed by atoms with Crippen LogP contribution in [0.2, 0.25) is 0 Å². The van der Waals surface area contributed by atoms with Crippen LogP contribution in [0.25, 0.3) is 0 Å². The number of rotatable bonds is 11. The fraction of sp³-hybridized carbons (Fsp3) is 0.680. The number of nitrogens with one attached hydrogen (secondary N) is 2. The molecule has 0 spiro atoms. The number of carbonyl (C=O) groups excluding carboxylic acids is 1. The lowest BCUT2D eigenvalue weighted by Gasteiger charge is -2.29. The van der Waals surface area contributed by atoms with Gasteiger partial charge in [0.1, 0.15) is 0 Å². The van der Waals surface area contributed by atoms with Crippen molar-refractivity contribution in [2.75, 3.05) is 33.9 Å². The molecule has 0 radical (unpaired) electrons. The van der Waals surface area contributed by atoms with Crippen molar-refractivity contribution in [2.24, 2.45) is 10.9 Å². The Labute approximate surface area is 217 Å². The second kappa shape index (κ2) is 15.2. The molecule has 0 saturated carbocycles. The van der Waals surface area contributed by atoms with Gasteiger partial charge in [0.05, 0.1) is 14.2 Å². The lowest BCUT2D eigenvalue weighted by molar-refractivity contribution is -0.132. The SMILES string of the molecule is CCNC(=NCCCC(=O)N1CCc2cc(OC)c(OC)cc2C1)NC(C)CCC(C)C.I. The van der Waals surface area contributed by atoms with Crippen LogP contribution in [0.4, 0.5) is 0 Å². The second-order valence-corrected chi connectivity index (χ2v) is 8.92. The van der Waals surface area contributed by atoms with Crippen LogP contribution in [-0.2, 0) is 17.8 Å². The molecule has 33 heavy (non-hydrogen) atoms. The smallest absolute Gasteiger partial charge is 0.222 e. The molecule has 1 heterocycles. The Kier molecular flexibility index (Phi) is 13.5. The predicted octanol–water partition coefficient (Wildman–Crippen LogP) is 4.37. The predicted molar refractivity (Wildman–Crippen MR) is 146 cm³/mol. The van der Waals surface area contributed by atoms with Crippen LogP contribution in [0.3, 0.4) is 0 Å². The van der Waals surface area contributed by atoms with Gasteiger partial charge in [0, 0.05) is 38.6 Å². The van der Waals surface area contributed by atoms with Crippen molar-refractivity contribution in [3.8, 4) is 11.5 Å². The Balaban J connectivity index is 0.00000544. The average Bonchev–Trinajstić information content (AvgIpc) is 2.78. The van der Waals surface area contributed by atoms with Crippen LogP contribution >= 0.6 is 24.0 Å². The van der Waals surface area contributed by atoms with E-state index in [1.54, 1.807) is 14.2 Å². The minimum Gasteiger partial charge on any atom is -0.493 e. The number of guanidine groups is 1. The van der Waals surface area contributed by atoms with Crippen molar-refractivity contribution in [1.82, 2.24) is 15.5 Å². The molecule has 0 aromatic heterocycles. The molecule has 188 valence electrons. The van der Waals surface area contributed by atoms with Crippen LogP contribution in [0.5, 0.6) is 11.5 Å². The monoisotopic (exact) mass is 574 g/mol. The number of carbonyl (C=O) groups is 1. The van der Waals surface area contributed by atoms with Gasteiger partial charge in [-0.3, -0.25) is 9.79 Å². The maximum atomic E-state index is 12.8. The molecule has 1 amide bonds. The van der Waals surface area contributed by atoms with Gasteiger partial charge >= 0.3 is 0 Å². The van der Waals surface area contributed by atoms with E-state index in [2.05, 4.69) is 43.3 Å². The molecule has 0 bridgehead atoms. The van der Waals surface area contributed by atoms with E-state index in [0.717, 1.165) is 49.6 Å². The summed E-state index contributed by atoms with van der Waals surface area (Å²) in [5.74, 6) is 3.18. The van der Waals surface area contributed by atoms with Crippen LogP contribution in [0, 0.1) is 5.92 Å². The number of hydrogen-bond donors (Lipinski definition) is 2. The molecule has 0 fully saturated rings. The first-order valence-electron chi connectivity index (χ1n) is 11.9. The number of fused-ring (bicyclic) bond motifs is 1. The minimum absolute atomic E-state index is 0. The number of ether oxygens (including phenoxy) is 2. The zero-order chi connectivity index (χ0) is 23.5. The fourth-order valence-corrected chi connectivity index (χ4v) is 3.88. The summed E-state index contributed by atoms with van der Waals surface area (Å²) in [6.45, 7) is 11.6. The van der Waals surface area contributed by atoms with E-state index in [0.29, 0.717) is 37.2 Å². The highest BCUT2D eigenvalue weighted by molar-refractivity contribution is 14.0. The Morgan fingerprint density at radius 1 is 1.12 bits per heavy atom. The molecule has 8 heteroatoms. The molecule has 0 aliphatic carbocycles. The third kappa shape index (κ3) is 9.59. The summed E-state index contributed by atoms with van der Waals surface area (Å²) in [7, 11) is 3.28. The fourth-order valence-electron chi connectivity index (χ4n) is 3.88. The lowest BCUT2D eigenvalue weighted by atomic mass is 9.98. The molecule has 0 saturated heterocycles. The van der Waals surface area contributed by atoms with E-state index in [9.17, 15) is 4.79 Å². The molecule has 1 unspecified atom stereocenters. The van der Waals surface area contributed by atoms with E-state index >= 15 is 0 Å². The summed E-state index contributed by atoms with van der Waals surface area (Å²) >= 11 is 0. The molecule has 1 atom stereocenters. The third-order valence-electron chi connectivity index (χ3n) is 5.79. The van der Waals surface area contributed by atoms with Gasteiger partial charge in [0.25, 0.3) is 0 Å². The van der Waals surface area contributed by atoms with Crippen molar-refractivity contribution in [1.29, 1.82) is 0 Å². The van der Waals surface area contributed by atoms with Crippen molar-refractivity contribution < 1.29 is 14.3 Å². The standard InChI is InChI=1S/C25H42N4O3.HI/c1-7-26-25(28-19(4)11-10-18(2)3)27-13-8-9-24(30)29-14-12-20-15-22(31-5)23(32-6)16-21(20)17-29;/h15-16,18-19H,7-14,17H2,1-6H3,(H2,26,27,28);1H. The molecule has 2 N–H and O–H groups in total. The van der Waals surface area contributed by atoms with Crippen LogP contribution < -0.4 is 20.1 Å². The number of hydrogen-bond acceptors (Lipinski definition) is 4. The first-order valence-corrected chi connectivity index (χ1v) is 11.9. The third-order valence-corrected chi connectivity index (χ3v) is 5.79. The molecule has 1 aliphatic rings. The van der Waals surface area contributed by atoms with Gasteiger partial charge in [-0.1, -0.05) is 13.8 Å². The van der Waals surface area contributed by atoms with Crippen LogP contribution in [-0.4, -0.2) is 56.7 Å². The van der Waals surface area contributed by atoms with Crippen LogP contribution in [0.15, 0.2) is 17.1 Å². The van der Waals surface area contributed by atoms with Gasteiger partial charge in [-0.25, -0.2) is 0 Å². The van der Waals surface area contributed by atoms with E-state index < -0.39 is 0 Å². The molecule has 7 nitrogen and oxygen atoms in total. The average molecular weight is 575 g/mol. The van der Waals surface area contributed by atoms with E-state index in [-0.39, 0.29) is 29.9 Å². The summed E-state index contributed by atoms with van der Waals surface area (Å²) in [6.07, 6.45) is 4.40. The zero-order valence-corrected chi connectivity index (χ0v) is 23.5. The number of halogens is 1. The lowest BCUT2D eigenvalue weighted by Crippen LogP contribution is -2.42. The van der Waals surface area contributed by atoms with Crippen molar-refractivity contribution in [3.05, 3.63) is 23.3 Å². The van der Waals surface area contributed by atoms with Gasteiger partial charge < -0.3 is 25.0 Å². The normalized spacial score (nSPS) is 14.3. The van der Waals surface area contributed by atoms with Crippen molar-refractivity contribution in [2.45, 2.75) is 72.4 Å². The maximum absolute atomic E-state index is 12.8. The van der Waals surface area contributed by atoms with Crippen LogP contribution in [0.1, 0.15) is 64.5 Å². The molecule has 1 aromatic rings. The maximum Gasteiger partial charge on any atom is 0.222 e. The van der Waals surface area contributed by atoms with Gasteiger partial charge in [-0.15, -0.1) is 24.0 Å².